The molecule has 0 heterocycles. The van der Waals surface area contributed by atoms with Gasteiger partial charge in [0.1, 0.15) is 5.60 Å². The lowest BCUT2D eigenvalue weighted by atomic mass is 10.1. The standard InChI is InChI=1S/C29H25N3O4/c1-6-19-10-8-12-23(14-19)30-26(33)21-16-22(18-25(17-21)32-28(35)36-29(3,4)5)27(34)31-24-13-9-11-20(7-2)15-24/h1-2,8-18H,3-5H3,(H,30,33)(H,31,34)(H,32,35). The van der Waals surface area contributed by atoms with Crippen molar-refractivity contribution in [1.82, 2.24) is 0 Å². The van der Waals surface area contributed by atoms with Gasteiger partial charge in [-0.05, 0) is 75.4 Å². The summed E-state index contributed by atoms with van der Waals surface area (Å²) < 4.78 is 5.30. The highest BCUT2D eigenvalue weighted by Gasteiger charge is 2.19. The molecule has 3 aromatic rings. The van der Waals surface area contributed by atoms with Gasteiger partial charge in [0, 0.05) is 39.3 Å². The number of carbonyl (C=O) groups is 3. The first-order chi connectivity index (χ1) is 17.1. The quantitative estimate of drug-likeness (QED) is 0.421. The molecule has 0 aliphatic rings. The number of nitrogens with one attached hydrogen (secondary N) is 3. The van der Waals surface area contributed by atoms with E-state index < -0.39 is 23.5 Å². The summed E-state index contributed by atoms with van der Waals surface area (Å²) in [7, 11) is 0. The maximum atomic E-state index is 13.0. The molecule has 0 aliphatic heterocycles. The van der Waals surface area contributed by atoms with Crippen LogP contribution in [0, 0.1) is 24.7 Å². The zero-order valence-electron chi connectivity index (χ0n) is 20.1. The normalized spacial score (nSPS) is 10.4. The third-order valence-electron chi connectivity index (χ3n) is 4.68. The molecule has 0 radical (unpaired) electrons. The molecule has 0 unspecified atom stereocenters. The molecule has 0 saturated heterocycles. The second-order valence-electron chi connectivity index (χ2n) is 8.78. The molecule has 3 aromatic carbocycles. The van der Waals surface area contributed by atoms with E-state index in [1.54, 1.807) is 69.3 Å². The second kappa shape index (κ2) is 10.9. The van der Waals surface area contributed by atoms with Crippen molar-refractivity contribution in [3.8, 4) is 24.7 Å². The van der Waals surface area contributed by atoms with E-state index in [0.717, 1.165) is 0 Å². The number of benzene rings is 3. The van der Waals surface area contributed by atoms with Crippen LogP contribution in [0.2, 0.25) is 0 Å². The zero-order valence-corrected chi connectivity index (χ0v) is 20.1. The van der Waals surface area contributed by atoms with E-state index in [-0.39, 0.29) is 16.8 Å². The molecule has 0 aromatic heterocycles. The van der Waals surface area contributed by atoms with Gasteiger partial charge in [-0.1, -0.05) is 24.0 Å². The Kier molecular flexibility index (Phi) is 7.79. The summed E-state index contributed by atoms with van der Waals surface area (Å²) in [5, 5.41) is 8.08. The van der Waals surface area contributed by atoms with Crippen LogP contribution in [0.15, 0.2) is 66.7 Å². The predicted octanol–water partition coefficient (Wildman–Crippen LogP) is 5.50. The number of anilines is 3. The minimum absolute atomic E-state index is 0.136. The van der Waals surface area contributed by atoms with E-state index in [1.807, 2.05) is 0 Å². The maximum absolute atomic E-state index is 13.0. The fourth-order valence-electron chi connectivity index (χ4n) is 3.16. The molecule has 180 valence electrons. The van der Waals surface area contributed by atoms with Gasteiger partial charge in [-0.2, -0.15) is 0 Å². The van der Waals surface area contributed by atoms with Crippen molar-refractivity contribution in [3.63, 3.8) is 0 Å². The number of rotatable bonds is 5. The van der Waals surface area contributed by atoms with Crippen molar-refractivity contribution in [2.24, 2.45) is 0 Å². The van der Waals surface area contributed by atoms with Gasteiger partial charge in [-0.25, -0.2) is 4.79 Å². The largest absolute Gasteiger partial charge is 0.444 e. The Morgan fingerprint density at radius 1 is 0.694 bits per heavy atom. The van der Waals surface area contributed by atoms with Crippen LogP contribution in [0.3, 0.4) is 0 Å². The van der Waals surface area contributed by atoms with Gasteiger partial charge in [0.2, 0.25) is 0 Å². The van der Waals surface area contributed by atoms with Gasteiger partial charge < -0.3 is 15.4 Å². The fraction of sp³-hybridized carbons (Fsp3) is 0.138. The van der Waals surface area contributed by atoms with Crippen LogP contribution in [-0.2, 0) is 4.74 Å². The minimum Gasteiger partial charge on any atom is -0.444 e. The van der Waals surface area contributed by atoms with Crippen LogP contribution >= 0.6 is 0 Å². The monoisotopic (exact) mass is 479 g/mol. The third-order valence-corrected chi connectivity index (χ3v) is 4.68. The van der Waals surface area contributed by atoms with Crippen molar-refractivity contribution in [1.29, 1.82) is 0 Å². The fourth-order valence-corrected chi connectivity index (χ4v) is 3.16. The number of terminal acetylenes is 2. The number of hydrogen-bond acceptors (Lipinski definition) is 4. The highest BCUT2D eigenvalue weighted by atomic mass is 16.6. The lowest BCUT2D eigenvalue weighted by Crippen LogP contribution is -2.27. The Morgan fingerprint density at radius 3 is 1.58 bits per heavy atom. The molecule has 0 bridgehead atoms. The van der Waals surface area contributed by atoms with Crippen LogP contribution in [0.1, 0.15) is 52.6 Å². The van der Waals surface area contributed by atoms with Crippen molar-refractivity contribution >= 4 is 35.0 Å². The molecule has 0 aliphatic carbocycles. The smallest absolute Gasteiger partial charge is 0.412 e. The van der Waals surface area contributed by atoms with Crippen molar-refractivity contribution in [2.45, 2.75) is 26.4 Å². The topological polar surface area (TPSA) is 96.5 Å². The highest BCUT2D eigenvalue weighted by molar-refractivity contribution is 6.10. The van der Waals surface area contributed by atoms with E-state index in [9.17, 15) is 14.4 Å². The van der Waals surface area contributed by atoms with Crippen molar-refractivity contribution in [2.75, 3.05) is 16.0 Å². The predicted molar refractivity (Wildman–Crippen MR) is 141 cm³/mol. The molecule has 0 fully saturated rings. The molecule has 3 rings (SSSR count). The molecule has 7 heteroatoms. The van der Waals surface area contributed by atoms with Crippen LogP contribution < -0.4 is 16.0 Å². The Hall–Kier alpha value is -5.01. The van der Waals surface area contributed by atoms with Crippen molar-refractivity contribution in [3.05, 3.63) is 89.0 Å². The molecule has 0 atom stereocenters. The first kappa shape index (κ1) is 25.6. The maximum Gasteiger partial charge on any atom is 0.412 e. The summed E-state index contributed by atoms with van der Waals surface area (Å²) in [6, 6.07) is 17.9. The van der Waals surface area contributed by atoms with Crippen LogP contribution in [0.25, 0.3) is 0 Å². The molecule has 0 spiro atoms. The Morgan fingerprint density at radius 2 is 1.17 bits per heavy atom. The Bertz CT molecular complexity index is 1320. The molecule has 36 heavy (non-hydrogen) atoms. The molecule has 7 nitrogen and oxygen atoms in total. The highest BCUT2D eigenvalue weighted by Crippen LogP contribution is 2.21. The van der Waals surface area contributed by atoms with Gasteiger partial charge in [0.25, 0.3) is 11.8 Å². The van der Waals surface area contributed by atoms with Gasteiger partial charge in [0.05, 0.1) is 0 Å². The minimum atomic E-state index is -0.733. The van der Waals surface area contributed by atoms with Crippen LogP contribution in [-0.4, -0.2) is 23.5 Å². The SMILES string of the molecule is C#Cc1cccc(NC(=O)c2cc(NC(=O)OC(C)(C)C)cc(C(=O)Nc3cccc(C#C)c3)c2)c1. The number of carbonyl (C=O) groups excluding carboxylic acids is 3. The summed E-state index contributed by atoms with van der Waals surface area (Å²) in [5.74, 6) is 4.01. The van der Waals surface area contributed by atoms with Gasteiger partial charge in [-0.15, -0.1) is 12.8 Å². The van der Waals surface area contributed by atoms with Crippen molar-refractivity contribution < 1.29 is 19.1 Å². The number of hydrogen-bond donors (Lipinski definition) is 3. The molecule has 3 amide bonds. The van der Waals surface area contributed by atoms with Gasteiger partial charge >= 0.3 is 6.09 Å². The average Bonchev–Trinajstić information content (AvgIpc) is 2.82. The Labute approximate surface area is 210 Å². The summed E-state index contributed by atoms with van der Waals surface area (Å²) in [6.45, 7) is 5.18. The first-order valence-electron chi connectivity index (χ1n) is 11.0. The average molecular weight is 480 g/mol. The summed E-state index contributed by atoms with van der Waals surface area (Å²) in [4.78, 5) is 38.4. The first-order valence-corrected chi connectivity index (χ1v) is 11.0. The summed E-state index contributed by atoms with van der Waals surface area (Å²) >= 11 is 0. The molecule has 3 N–H and O–H groups in total. The van der Waals surface area contributed by atoms with Gasteiger partial charge in [-0.3, -0.25) is 14.9 Å². The van der Waals surface area contributed by atoms with E-state index in [1.165, 1.54) is 18.2 Å². The second-order valence-corrected chi connectivity index (χ2v) is 8.78. The summed E-state index contributed by atoms with van der Waals surface area (Å²) in [6.07, 6.45) is 10.1. The third kappa shape index (κ3) is 7.24. The van der Waals surface area contributed by atoms with E-state index in [2.05, 4.69) is 27.8 Å². The lowest BCUT2D eigenvalue weighted by molar-refractivity contribution is 0.0635. The van der Waals surface area contributed by atoms with E-state index >= 15 is 0 Å². The Balaban J connectivity index is 1.92. The number of ether oxygens (including phenoxy) is 1. The zero-order chi connectivity index (χ0) is 26.3. The van der Waals surface area contributed by atoms with E-state index in [0.29, 0.717) is 22.5 Å². The lowest BCUT2D eigenvalue weighted by Gasteiger charge is -2.20. The van der Waals surface area contributed by atoms with Crippen LogP contribution in [0.4, 0.5) is 21.9 Å². The molecular weight excluding hydrogens is 454 g/mol. The number of amides is 3. The molecule has 0 saturated carbocycles. The summed E-state index contributed by atoms with van der Waals surface area (Å²) in [5.41, 5.74) is 1.91. The van der Waals surface area contributed by atoms with E-state index in [4.69, 9.17) is 17.6 Å². The molecular formula is C29H25N3O4. The van der Waals surface area contributed by atoms with Gasteiger partial charge in [0.15, 0.2) is 0 Å². The van der Waals surface area contributed by atoms with Crippen LogP contribution in [0.5, 0.6) is 0 Å².